The second-order valence-electron chi connectivity index (χ2n) is 4.09. The summed E-state index contributed by atoms with van der Waals surface area (Å²) < 4.78 is 37.5. The van der Waals surface area contributed by atoms with E-state index in [2.05, 4.69) is 4.98 Å². The SMILES string of the molecule is CC(C(=O)O)c1ccc2[nH]c(C(F)(F)F)cc2c1. The van der Waals surface area contributed by atoms with E-state index < -0.39 is 23.8 Å². The molecular weight excluding hydrogens is 247 g/mol. The molecular formula is C12H10F3NO2. The monoisotopic (exact) mass is 257 g/mol. The summed E-state index contributed by atoms with van der Waals surface area (Å²) in [7, 11) is 0. The van der Waals surface area contributed by atoms with Gasteiger partial charge in [0.2, 0.25) is 0 Å². The number of carbonyl (C=O) groups is 1. The van der Waals surface area contributed by atoms with Gasteiger partial charge in [-0.05, 0) is 30.7 Å². The smallest absolute Gasteiger partial charge is 0.431 e. The Balaban J connectivity index is 2.49. The number of benzene rings is 1. The number of aromatic amines is 1. The fourth-order valence-electron chi connectivity index (χ4n) is 1.72. The van der Waals surface area contributed by atoms with E-state index in [-0.39, 0.29) is 0 Å². The summed E-state index contributed by atoms with van der Waals surface area (Å²) >= 11 is 0. The van der Waals surface area contributed by atoms with Crippen LogP contribution in [0.2, 0.25) is 0 Å². The summed E-state index contributed by atoms with van der Waals surface area (Å²) in [5.41, 5.74) is -0.0241. The van der Waals surface area contributed by atoms with Gasteiger partial charge in [0, 0.05) is 10.9 Å². The van der Waals surface area contributed by atoms with Crippen molar-refractivity contribution in [1.82, 2.24) is 4.98 Å². The molecule has 0 bridgehead atoms. The number of hydrogen-bond acceptors (Lipinski definition) is 1. The number of aromatic nitrogens is 1. The normalized spacial score (nSPS) is 13.8. The molecule has 1 aromatic carbocycles. The zero-order valence-electron chi connectivity index (χ0n) is 9.38. The minimum Gasteiger partial charge on any atom is -0.481 e. The van der Waals surface area contributed by atoms with Crippen molar-refractivity contribution in [3.8, 4) is 0 Å². The molecule has 96 valence electrons. The third kappa shape index (κ3) is 2.18. The van der Waals surface area contributed by atoms with Gasteiger partial charge in [-0.25, -0.2) is 0 Å². The summed E-state index contributed by atoms with van der Waals surface area (Å²) in [6.07, 6.45) is -4.43. The number of aliphatic carboxylic acids is 1. The Morgan fingerprint density at radius 3 is 2.56 bits per heavy atom. The van der Waals surface area contributed by atoms with Crippen LogP contribution in [0.15, 0.2) is 24.3 Å². The molecule has 1 unspecified atom stereocenters. The highest BCUT2D eigenvalue weighted by molar-refractivity contribution is 5.84. The predicted molar refractivity (Wildman–Crippen MR) is 59.4 cm³/mol. The number of H-pyrrole nitrogens is 1. The van der Waals surface area contributed by atoms with Crippen LogP contribution in [-0.4, -0.2) is 16.1 Å². The van der Waals surface area contributed by atoms with Crippen molar-refractivity contribution in [2.75, 3.05) is 0 Å². The summed E-state index contributed by atoms with van der Waals surface area (Å²) in [5.74, 6) is -1.76. The maximum absolute atomic E-state index is 12.5. The Hall–Kier alpha value is -1.98. The Kier molecular flexibility index (Phi) is 2.80. The van der Waals surface area contributed by atoms with Gasteiger partial charge in [-0.2, -0.15) is 13.2 Å². The highest BCUT2D eigenvalue weighted by atomic mass is 19.4. The first-order valence-corrected chi connectivity index (χ1v) is 5.21. The average Bonchev–Trinajstić information content (AvgIpc) is 2.69. The van der Waals surface area contributed by atoms with E-state index in [1.807, 2.05) is 0 Å². The maximum atomic E-state index is 12.5. The fourth-order valence-corrected chi connectivity index (χ4v) is 1.72. The molecule has 0 fully saturated rings. The molecule has 1 atom stereocenters. The van der Waals surface area contributed by atoms with E-state index in [0.29, 0.717) is 16.5 Å². The van der Waals surface area contributed by atoms with Crippen LogP contribution in [0.5, 0.6) is 0 Å². The zero-order chi connectivity index (χ0) is 13.5. The van der Waals surface area contributed by atoms with Crippen molar-refractivity contribution in [2.24, 2.45) is 0 Å². The van der Waals surface area contributed by atoms with Crippen LogP contribution >= 0.6 is 0 Å². The molecule has 1 heterocycles. The highest BCUT2D eigenvalue weighted by Crippen LogP contribution is 2.32. The van der Waals surface area contributed by atoms with Gasteiger partial charge >= 0.3 is 12.1 Å². The van der Waals surface area contributed by atoms with Gasteiger partial charge < -0.3 is 10.1 Å². The summed E-state index contributed by atoms with van der Waals surface area (Å²) in [6.45, 7) is 1.49. The molecule has 0 saturated heterocycles. The Labute approximate surface area is 100 Å². The van der Waals surface area contributed by atoms with Crippen LogP contribution in [0, 0.1) is 0 Å². The van der Waals surface area contributed by atoms with E-state index in [0.717, 1.165) is 6.07 Å². The summed E-state index contributed by atoms with van der Waals surface area (Å²) in [4.78, 5) is 13.1. The van der Waals surface area contributed by atoms with Crippen molar-refractivity contribution < 1.29 is 23.1 Å². The lowest BCUT2D eigenvalue weighted by Crippen LogP contribution is -2.06. The molecule has 2 rings (SSSR count). The molecule has 0 aliphatic carbocycles. The number of hydrogen-bond donors (Lipinski definition) is 2. The molecule has 0 radical (unpaired) electrons. The number of nitrogens with one attached hydrogen (secondary N) is 1. The van der Waals surface area contributed by atoms with Crippen LogP contribution in [-0.2, 0) is 11.0 Å². The second kappa shape index (κ2) is 4.04. The lowest BCUT2D eigenvalue weighted by molar-refractivity contribution is -0.140. The number of carboxylic acids is 1. The van der Waals surface area contributed by atoms with Gasteiger partial charge in [0.15, 0.2) is 0 Å². The van der Waals surface area contributed by atoms with Gasteiger partial charge in [-0.1, -0.05) is 6.07 Å². The standard InChI is InChI=1S/C12H10F3NO2/c1-6(11(17)18)7-2-3-9-8(4-7)5-10(16-9)12(13,14)15/h2-6,16H,1H3,(H,17,18). The number of rotatable bonds is 2. The van der Waals surface area contributed by atoms with Gasteiger partial charge in [-0.3, -0.25) is 4.79 Å². The van der Waals surface area contributed by atoms with Crippen molar-refractivity contribution in [3.63, 3.8) is 0 Å². The van der Waals surface area contributed by atoms with Gasteiger partial charge in [0.1, 0.15) is 5.69 Å². The fraction of sp³-hybridized carbons (Fsp3) is 0.250. The molecule has 0 amide bonds. The van der Waals surface area contributed by atoms with E-state index >= 15 is 0 Å². The second-order valence-corrected chi connectivity index (χ2v) is 4.09. The lowest BCUT2D eigenvalue weighted by atomic mass is 10.0. The quantitative estimate of drug-likeness (QED) is 0.866. The molecule has 0 aliphatic rings. The first-order chi connectivity index (χ1) is 8.29. The summed E-state index contributed by atoms with van der Waals surface area (Å²) in [5, 5.41) is 9.21. The topological polar surface area (TPSA) is 53.1 Å². The van der Waals surface area contributed by atoms with Crippen LogP contribution < -0.4 is 0 Å². The maximum Gasteiger partial charge on any atom is 0.431 e. The van der Waals surface area contributed by atoms with E-state index in [4.69, 9.17) is 5.11 Å². The third-order valence-corrected chi connectivity index (χ3v) is 2.82. The number of fused-ring (bicyclic) bond motifs is 1. The van der Waals surface area contributed by atoms with E-state index in [9.17, 15) is 18.0 Å². The third-order valence-electron chi connectivity index (χ3n) is 2.82. The number of halogens is 3. The first-order valence-electron chi connectivity index (χ1n) is 5.21. The minimum absolute atomic E-state index is 0.337. The predicted octanol–water partition coefficient (Wildman–Crippen LogP) is 3.37. The van der Waals surface area contributed by atoms with Crippen LogP contribution in [0.4, 0.5) is 13.2 Å². The number of carboxylic acid groups (broad SMARTS) is 1. The molecule has 0 aliphatic heterocycles. The highest BCUT2D eigenvalue weighted by Gasteiger charge is 2.32. The molecule has 18 heavy (non-hydrogen) atoms. The first kappa shape index (κ1) is 12.5. The Morgan fingerprint density at radius 1 is 1.33 bits per heavy atom. The molecule has 3 nitrogen and oxygen atoms in total. The Bertz CT molecular complexity index is 601. The number of alkyl halides is 3. The van der Waals surface area contributed by atoms with Crippen molar-refractivity contribution in [3.05, 3.63) is 35.5 Å². The molecule has 6 heteroatoms. The van der Waals surface area contributed by atoms with Gasteiger partial charge in [0.25, 0.3) is 0 Å². The van der Waals surface area contributed by atoms with Crippen molar-refractivity contribution in [2.45, 2.75) is 19.0 Å². The molecule has 0 saturated carbocycles. The van der Waals surface area contributed by atoms with Crippen LogP contribution in [0.1, 0.15) is 24.1 Å². The summed E-state index contributed by atoms with van der Waals surface area (Å²) in [6, 6.07) is 5.41. The minimum atomic E-state index is -4.43. The van der Waals surface area contributed by atoms with Crippen molar-refractivity contribution >= 4 is 16.9 Å². The van der Waals surface area contributed by atoms with Gasteiger partial charge in [-0.15, -0.1) is 0 Å². The molecule has 2 N–H and O–H groups in total. The lowest BCUT2D eigenvalue weighted by Gasteiger charge is -2.05. The van der Waals surface area contributed by atoms with Crippen LogP contribution in [0.3, 0.4) is 0 Å². The molecule has 1 aromatic heterocycles. The average molecular weight is 257 g/mol. The van der Waals surface area contributed by atoms with Crippen molar-refractivity contribution in [1.29, 1.82) is 0 Å². The van der Waals surface area contributed by atoms with E-state index in [1.165, 1.54) is 25.1 Å². The zero-order valence-corrected chi connectivity index (χ0v) is 9.38. The molecule has 0 spiro atoms. The van der Waals surface area contributed by atoms with E-state index in [1.54, 1.807) is 0 Å². The van der Waals surface area contributed by atoms with Crippen LogP contribution in [0.25, 0.3) is 10.9 Å². The largest absolute Gasteiger partial charge is 0.481 e. The van der Waals surface area contributed by atoms with Gasteiger partial charge in [0.05, 0.1) is 5.92 Å². The molecule has 2 aromatic rings. The Morgan fingerprint density at radius 2 is 2.00 bits per heavy atom.